The molecule has 0 aliphatic carbocycles. The lowest BCUT2D eigenvalue weighted by atomic mass is 9.97. The number of benzene rings is 1. The highest BCUT2D eigenvalue weighted by atomic mass is 19.1. The van der Waals surface area contributed by atoms with Gasteiger partial charge >= 0.3 is 0 Å². The fourth-order valence-electron chi connectivity index (χ4n) is 3.18. The molecular weight excluding hydrogens is 291 g/mol. The third-order valence-corrected chi connectivity index (χ3v) is 4.21. The summed E-state index contributed by atoms with van der Waals surface area (Å²) in [5, 5.41) is 0. The number of hydrogen-bond donors (Lipinski definition) is 1. The van der Waals surface area contributed by atoms with Crippen molar-refractivity contribution in [2.45, 2.75) is 53.0 Å². The van der Waals surface area contributed by atoms with Gasteiger partial charge in [-0.1, -0.05) is 32.4 Å². The van der Waals surface area contributed by atoms with Crippen LogP contribution in [0.2, 0.25) is 0 Å². The van der Waals surface area contributed by atoms with E-state index in [0.717, 1.165) is 54.7 Å². The minimum atomic E-state index is -0.450. The summed E-state index contributed by atoms with van der Waals surface area (Å²) in [7, 11) is 0. The monoisotopic (exact) mass is 316 g/mol. The van der Waals surface area contributed by atoms with Crippen LogP contribution in [0.15, 0.2) is 24.3 Å². The van der Waals surface area contributed by atoms with Crippen LogP contribution in [-0.4, -0.2) is 10.5 Å². The number of halogens is 1. The average molecular weight is 316 g/mol. The van der Waals surface area contributed by atoms with Crippen molar-refractivity contribution in [1.29, 1.82) is 0 Å². The molecule has 2 N–H and O–H groups in total. The Morgan fingerprint density at radius 1 is 1.26 bits per heavy atom. The molecule has 0 bridgehead atoms. The second kappa shape index (κ2) is 7.44. The van der Waals surface area contributed by atoms with Crippen LogP contribution in [0.25, 0.3) is 11.1 Å². The largest absolute Gasteiger partial charge is 0.366 e. The molecule has 0 spiro atoms. The van der Waals surface area contributed by atoms with Crippen molar-refractivity contribution >= 4 is 5.91 Å². The average Bonchev–Trinajstić information content (AvgIpc) is 2.78. The SMILES string of the molecule is CCCCc1c(-c2cccc(F)c2)c(C(N)=O)c(C)n1CCC. The number of hydrogen-bond acceptors (Lipinski definition) is 1. The normalized spacial score (nSPS) is 11.0. The van der Waals surface area contributed by atoms with Crippen molar-refractivity contribution in [3.63, 3.8) is 0 Å². The first-order valence-electron chi connectivity index (χ1n) is 8.28. The first-order chi connectivity index (χ1) is 11.0. The van der Waals surface area contributed by atoms with Crippen LogP contribution in [-0.2, 0) is 13.0 Å². The van der Waals surface area contributed by atoms with E-state index in [0.29, 0.717) is 5.56 Å². The Bertz CT molecular complexity index is 704. The van der Waals surface area contributed by atoms with Gasteiger partial charge in [-0.2, -0.15) is 0 Å². The molecule has 124 valence electrons. The molecule has 23 heavy (non-hydrogen) atoms. The van der Waals surface area contributed by atoms with Gasteiger partial charge in [0.1, 0.15) is 5.82 Å². The minimum absolute atomic E-state index is 0.305. The van der Waals surface area contributed by atoms with Crippen molar-refractivity contribution in [3.8, 4) is 11.1 Å². The van der Waals surface area contributed by atoms with Crippen LogP contribution in [0.3, 0.4) is 0 Å². The van der Waals surface area contributed by atoms with Crippen LogP contribution < -0.4 is 5.73 Å². The van der Waals surface area contributed by atoms with Crippen molar-refractivity contribution < 1.29 is 9.18 Å². The summed E-state index contributed by atoms with van der Waals surface area (Å²) in [5.41, 5.74) is 9.67. The predicted octanol–water partition coefficient (Wildman–Crippen LogP) is 4.45. The highest BCUT2D eigenvalue weighted by Crippen LogP contribution is 2.34. The number of amides is 1. The molecule has 0 fully saturated rings. The molecule has 0 unspecified atom stereocenters. The Balaban J connectivity index is 2.74. The molecule has 2 aromatic rings. The lowest BCUT2D eigenvalue weighted by molar-refractivity contribution is 0.1000. The Morgan fingerprint density at radius 3 is 2.57 bits per heavy atom. The summed E-state index contributed by atoms with van der Waals surface area (Å²) in [6, 6.07) is 6.41. The van der Waals surface area contributed by atoms with Gasteiger partial charge < -0.3 is 10.3 Å². The second-order valence-corrected chi connectivity index (χ2v) is 5.91. The van der Waals surface area contributed by atoms with Gasteiger partial charge in [-0.15, -0.1) is 0 Å². The van der Waals surface area contributed by atoms with E-state index in [2.05, 4.69) is 18.4 Å². The van der Waals surface area contributed by atoms with Crippen LogP contribution in [0.4, 0.5) is 4.39 Å². The van der Waals surface area contributed by atoms with Crippen molar-refractivity contribution in [1.82, 2.24) is 4.57 Å². The Morgan fingerprint density at radius 2 is 2.00 bits per heavy atom. The molecule has 2 rings (SSSR count). The molecule has 1 aromatic carbocycles. The second-order valence-electron chi connectivity index (χ2n) is 5.91. The Kier molecular flexibility index (Phi) is 5.59. The maximum absolute atomic E-state index is 13.7. The number of rotatable bonds is 7. The van der Waals surface area contributed by atoms with Crippen LogP contribution in [0, 0.1) is 12.7 Å². The summed E-state index contributed by atoms with van der Waals surface area (Å²) in [6.07, 6.45) is 3.91. The number of unbranched alkanes of at least 4 members (excludes halogenated alkanes) is 1. The summed E-state index contributed by atoms with van der Waals surface area (Å²) >= 11 is 0. The molecular formula is C19H25FN2O. The molecule has 4 heteroatoms. The molecule has 0 saturated carbocycles. The summed E-state index contributed by atoms with van der Waals surface area (Å²) in [6.45, 7) is 7.00. The zero-order valence-electron chi connectivity index (χ0n) is 14.2. The van der Waals surface area contributed by atoms with Crippen molar-refractivity contribution in [2.75, 3.05) is 0 Å². The topological polar surface area (TPSA) is 48.0 Å². The van der Waals surface area contributed by atoms with Crippen LogP contribution >= 0.6 is 0 Å². The maximum Gasteiger partial charge on any atom is 0.251 e. The summed E-state index contributed by atoms with van der Waals surface area (Å²) < 4.78 is 15.9. The number of nitrogens with two attached hydrogens (primary N) is 1. The molecule has 3 nitrogen and oxygen atoms in total. The number of primary amides is 1. The quantitative estimate of drug-likeness (QED) is 0.806. The zero-order valence-corrected chi connectivity index (χ0v) is 14.2. The summed E-state index contributed by atoms with van der Waals surface area (Å²) in [5.74, 6) is -0.755. The summed E-state index contributed by atoms with van der Waals surface area (Å²) in [4.78, 5) is 12.1. The fraction of sp³-hybridized carbons (Fsp3) is 0.421. The van der Waals surface area contributed by atoms with E-state index in [9.17, 15) is 9.18 Å². The first-order valence-corrected chi connectivity index (χ1v) is 8.28. The van der Waals surface area contributed by atoms with E-state index in [1.165, 1.54) is 12.1 Å². The van der Waals surface area contributed by atoms with Gasteiger partial charge in [0.2, 0.25) is 0 Å². The number of carbonyl (C=O) groups excluding carboxylic acids is 1. The van der Waals surface area contributed by atoms with E-state index in [4.69, 9.17) is 5.73 Å². The molecule has 0 aliphatic rings. The standard InChI is InChI=1S/C19H25FN2O/c1-4-6-10-16-18(14-8-7-9-15(20)12-14)17(19(21)23)13(3)22(16)11-5-2/h7-9,12H,4-6,10-11H2,1-3H3,(H2,21,23). The lowest BCUT2D eigenvalue weighted by Crippen LogP contribution is -2.13. The Labute approximate surface area is 137 Å². The molecule has 1 amide bonds. The van der Waals surface area contributed by atoms with E-state index >= 15 is 0 Å². The molecule has 0 aliphatic heterocycles. The van der Waals surface area contributed by atoms with Crippen LogP contribution in [0.1, 0.15) is 54.9 Å². The van der Waals surface area contributed by atoms with Gasteiger partial charge in [-0.25, -0.2) is 4.39 Å². The van der Waals surface area contributed by atoms with E-state index in [1.54, 1.807) is 6.07 Å². The third-order valence-electron chi connectivity index (χ3n) is 4.21. The maximum atomic E-state index is 13.7. The van der Waals surface area contributed by atoms with E-state index < -0.39 is 5.91 Å². The van der Waals surface area contributed by atoms with E-state index in [1.807, 2.05) is 13.0 Å². The lowest BCUT2D eigenvalue weighted by Gasteiger charge is -2.12. The number of aromatic nitrogens is 1. The highest BCUT2D eigenvalue weighted by Gasteiger charge is 2.24. The van der Waals surface area contributed by atoms with Crippen LogP contribution in [0.5, 0.6) is 0 Å². The van der Waals surface area contributed by atoms with Gasteiger partial charge in [0.15, 0.2) is 0 Å². The van der Waals surface area contributed by atoms with Gasteiger partial charge in [-0.3, -0.25) is 4.79 Å². The number of nitrogens with zero attached hydrogens (tertiary/aromatic N) is 1. The van der Waals surface area contributed by atoms with Gasteiger partial charge in [-0.05, 0) is 43.9 Å². The van der Waals surface area contributed by atoms with Gasteiger partial charge in [0.05, 0.1) is 5.56 Å². The first kappa shape index (κ1) is 17.3. The van der Waals surface area contributed by atoms with Crippen molar-refractivity contribution in [2.24, 2.45) is 5.73 Å². The van der Waals surface area contributed by atoms with E-state index in [-0.39, 0.29) is 5.82 Å². The molecule has 1 aromatic heterocycles. The van der Waals surface area contributed by atoms with Gasteiger partial charge in [0, 0.05) is 23.5 Å². The Hall–Kier alpha value is -2.10. The predicted molar refractivity (Wildman–Crippen MR) is 92.0 cm³/mol. The minimum Gasteiger partial charge on any atom is -0.366 e. The molecule has 0 radical (unpaired) electrons. The highest BCUT2D eigenvalue weighted by molar-refractivity contribution is 6.02. The smallest absolute Gasteiger partial charge is 0.251 e. The van der Waals surface area contributed by atoms with Gasteiger partial charge in [0.25, 0.3) is 5.91 Å². The molecule has 1 heterocycles. The fourth-order valence-corrected chi connectivity index (χ4v) is 3.18. The number of carbonyl (C=O) groups is 1. The van der Waals surface area contributed by atoms with Crippen molar-refractivity contribution in [3.05, 3.63) is 47.0 Å². The molecule has 0 saturated heterocycles. The third kappa shape index (κ3) is 3.46. The zero-order chi connectivity index (χ0) is 17.0. The molecule has 0 atom stereocenters.